The van der Waals surface area contributed by atoms with E-state index in [2.05, 4.69) is 59.2 Å². The molecule has 2 amide bonds. The molecule has 2 bridgehead atoms. The van der Waals surface area contributed by atoms with Crippen LogP contribution in [-0.2, 0) is 4.79 Å². The van der Waals surface area contributed by atoms with Crippen LogP contribution in [0.5, 0.6) is 11.5 Å². The maximum atomic E-state index is 13.0. The zero-order valence-corrected chi connectivity index (χ0v) is 19.3. The lowest BCUT2D eigenvalue weighted by Gasteiger charge is -2.45. The van der Waals surface area contributed by atoms with Gasteiger partial charge in [-0.15, -0.1) is 0 Å². The lowest BCUT2D eigenvalue weighted by molar-refractivity contribution is -0.122. The Kier molecular flexibility index (Phi) is 5.97. The van der Waals surface area contributed by atoms with Crippen LogP contribution < -0.4 is 20.1 Å². The molecule has 0 aliphatic heterocycles. The van der Waals surface area contributed by atoms with Crippen LogP contribution in [0, 0.1) is 5.92 Å². The Labute approximate surface area is 199 Å². The average Bonchev–Trinajstić information content (AvgIpc) is 2.90. The first-order valence-electron chi connectivity index (χ1n) is 11.6. The van der Waals surface area contributed by atoms with Crippen molar-refractivity contribution in [2.75, 3.05) is 27.3 Å². The van der Waals surface area contributed by atoms with Crippen LogP contribution in [0.1, 0.15) is 50.9 Å². The van der Waals surface area contributed by atoms with Gasteiger partial charge in [0.25, 0.3) is 11.8 Å². The summed E-state index contributed by atoms with van der Waals surface area (Å²) in [7, 11) is 3.06. The van der Waals surface area contributed by atoms with Crippen LogP contribution in [0.15, 0.2) is 66.7 Å². The predicted octanol–water partition coefficient (Wildman–Crippen LogP) is 3.85. The summed E-state index contributed by atoms with van der Waals surface area (Å²) in [5.41, 5.74) is 6.11. The van der Waals surface area contributed by atoms with E-state index in [1.54, 1.807) is 25.2 Å². The SMILES string of the molecule is CNC(=O)COc1ccc(C(=O)NCC2CC3c4ccccc4C2c2ccccc23)cc1OC. The van der Waals surface area contributed by atoms with Gasteiger partial charge in [0.05, 0.1) is 7.11 Å². The fraction of sp³-hybridized carbons (Fsp3) is 0.286. The van der Waals surface area contributed by atoms with Crippen LogP contribution in [0.3, 0.4) is 0 Å². The maximum Gasteiger partial charge on any atom is 0.257 e. The standard InChI is InChI=1S/C28H28N2O4/c1-29-26(31)16-34-24-12-11-17(14-25(24)33-2)28(32)30-15-18-13-23-19-7-3-5-9-21(19)27(18)22-10-6-4-8-20(22)23/h3-12,14,18,23,27H,13,15-16H2,1-2H3,(H,29,31)(H,30,32). The van der Waals surface area contributed by atoms with Crippen LogP contribution in [0.4, 0.5) is 0 Å². The van der Waals surface area contributed by atoms with E-state index in [1.165, 1.54) is 29.4 Å². The minimum Gasteiger partial charge on any atom is -0.493 e. The Morgan fingerprint density at radius 1 is 0.912 bits per heavy atom. The fourth-order valence-corrected chi connectivity index (χ4v) is 5.43. The molecule has 0 aromatic heterocycles. The number of hydrogen-bond donors (Lipinski definition) is 2. The Morgan fingerprint density at radius 3 is 2.18 bits per heavy atom. The third-order valence-corrected chi connectivity index (χ3v) is 7.01. The van der Waals surface area contributed by atoms with Gasteiger partial charge >= 0.3 is 0 Å². The van der Waals surface area contributed by atoms with Crippen LogP contribution in [-0.4, -0.2) is 39.1 Å². The highest BCUT2D eigenvalue weighted by Crippen LogP contribution is 2.55. The van der Waals surface area contributed by atoms with Gasteiger partial charge in [-0.2, -0.15) is 0 Å². The molecule has 3 aliphatic carbocycles. The smallest absolute Gasteiger partial charge is 0.257 e. The highest BCUT2D eigenvalue weighted by molar-refractivity contribution is 5.95. The predicted molar refractivity (Wildman–Crippen MR) is 130 cm³/mol. The van der Waals surface area contributed by atoms with Crippen molar-refractivity contribution in [3.63, 3.8) is 0 Å². The molecule has 0 spiro atoms. The fourth-order valence-electron chi connectivity index (χ4n) is 5.43. The van der Waals surface area contributed by atoms with Crippen molar-refractivity contribution in [1.29, 1.82) is 0 Å². The van der Waals surface area contributed by atoms with Gasteiger partial charge in [-0.25, -0.2) is 0 Å². The number of methoxy groups -OCH3 is 1. The Hall–Kier alpha value is -3.80. The summed E-state index contributed by atoms with van der Waals surface area (Å²) in [6.45, 7) is 0.478. The van der Waals surface area contributed by atoms with Gasteiger partial charge in [0.1, 0.15) is 0 Å². The summed E-state index contributed by atoms with van der Waals surface area (Å²) >= 11 is 0. The molecule has 34 heavy (non-hydrogen) atoms. The minimum absolute atomic E-state index is 0.119. The molecule has 0 saturated heterocycles. The van der Waals surface area contributed by atoms with E-state index in [4.69, 9.17) is 9.47 Å². The van der Waals surface area contributed by atoms with Gasteiger partial charge in [0.2, 0.25) is 0 Å². The molecule has 3 aliphatic rings. The van der Waals surface area contributed by atoms with Crippen LogP contribution >= 0.6 is 0 Å². The van der Waals surface area contributed by atoms with Crippen molar-refractivity contribution in [3.05, 3.63) is 94.5 Å². The molecular formula is C28H28N2O4. The Bertz CT molecular complexity index is 1190. The highest BCUT2D eigenvalue weighted by atomic mass is 16.5. The largest absolute Gasteiger partial charge is 0.493 e. The number of carbonyl (C=O) groups excluding carboxylic acids is 2. The summed E-state index contributed by atoms with van der Waals surface area (Å²) in [4.78, 5) is 24.5. The van der Waals surface area contributed by atoms with Gasteiger partial charge in [-0.1, -0.05) is 48.5 Å². The first kappa shape index (κ1) is 22.0. The number of carbonyl (C=O) groups is 2. The third-order valence-electron chi connectivity index (χ3n) is 7.01. The normalized spacial score (nSPS) is 19.5. The monoisotopic (exact) mass is 456 g/mol. The molecule has 1 unspecified atom stereocenters. The van der Waals surface area contributed by atoms with Crippen LogP contribution in [0.25, 0.3) is 0 Å². The van der Waals surface area contributed by atoms with E-state index >= 15 is 0 Å². The molecule has 3 aromatic carbocycles. The summed E-state index contributed by atoms with van der Waals surface area (Å²) in [5.74, 6) is 1.42. The van der Waals surface area contributed by atoms with Gasteiger partial charge in [0, 0.05) is 31.0 Å². The molecule has 0 fully saturated rings. The van der Waals surface area contributed by atoms with Crippen molar-refractivity contribution < 1.29 is 19.1 Å². The zero-order chi connectivity index (χ0) is 23.7. The van der Waals surface area contributed by atoms with Crippen molar-refractivity contribution in [2.24, 2.45) is 5.92 Å². The molecular weight excluding hydrogens is 428 g/mol. The minimum atomic E-state index is -0.242. The molecule has 6 rings (SSSR count). The van der Waals surface area contributed by atoms with E-state index in [0.29, 0.717) is 35.4 Å². The highest BCUT2D eigenvalue weighted by Gasteiger charge is 2.42. The van der Waals surface area contributed by atoms with Gasteiger partial charge < -0.3 is 20.1 Å². The number of rotatable bonds is 7. The molecule has 1 atom stereocenters. The summed E-state index contributed by atoms with van der Waals surface area (Å²) in [6.07, 6.45) is 1.02. The van der Waals surface area contributed by atoms with Crippen molar-refractivity contribution in [2.45, 2.75) is 18.3 Å². The van der Waals surface area contributed by atoms with E-state index < -0.39 is 0 Å². The second-order valence-electron chi connectivity index (χ2n) is 8.82. The summed E-state index contributed by atoms with van der Waals surface area (Å²) < 4.78 is 10.9. The second kappa shape index (κ2) is 9.21. The Morgan fingerprint density at radius 2 is 1.56 bits per heavy atom. The molecule has 0 heterocycles. The van der Waals surface area contributed by atoms with Crippen LogP contribution in [0.2, 0.25) is 0 Å². The van der Waals surface area contributed by atoms with Gasteiger partial charge in [-0.3, -0.25) is 9.59 Å². The second-order valence-corrected chi connectivity index (χ2v) is 8.82. The van der Waals surface area contributed by atoms with E-state index in [0.717, 1.165) is 6.42 Å². The number of fused-ring (bicyclic) bond motifs is 1. The number of nitrogens with one attached hydrogen (secondary N) is 2. The lowest BCUT2D eigenvalue weighted by atomic mass is 9.59. The number of ether oxygens (including phenoxy) is 2. The van der Waals surface area contributed by atoms with Gasteiger partial charge in [-0.05, 0) is 52.8 Å². The molecule has 3 aromatic rings. The molecule has 2 N–H and O–H groups in total. The number of hydrogen-bond acceptors (Lipinski definition) is 4. The van der Waals surface area contributed by atoms with Gasteiger partial charge in [0.15, 0.2) is 18.1 Å². The molecule has 6 nitrogen and oxygen atoms in total. The number of benzene rings is 3. The average molecular weight is 457 g/mol. The first-order chi connectivity index (χ1) is 16.6. The number of amides is 2. The Balaban J connectivity index is 1.31. The molecule has 0 radical (unpaired) electrons. The van der Waals surface area contributed by atoms with E-state index in [9.17, 15) is 9.59 Å². The first-order valence-corrected chi connectivity index (χ1v) is 11.6. The third kappa shape index (κ3) is 3.89. The zero-order valence-electron chi connectivity index (χ0n) is 19.3. The number of likely N-dealkylation sites (N-methyl/N-ethyl adjacent to an activating group) is 1. The van der Waals surface area contributed by atoms with E-state index in [-0.39, 0.29) is 24.3 Å². The van der Waals surface area contributed by atoms with Crippen molar-refractivity contribution in [1.82, 2.24) is 10.6 Å². The lowest BCUT2D eigenvalue weighted by Crippen LogP contribution is -2.39. The van der Waals surface area contributed by atoms with Crippen molar-refractivity contribution >= 4 is 11.8 Å². The maximum absolute atomic E-state index is 13.0. The topological polar surface area (TPSA) is 76.7 Å². The molecule has 6 heteroatoms. The summed E-state index contributed by atoms with van der Waals surface area (Å²) in [5, 5.41) is 5.65. The quantitative estimate of drug-likeness (QED) is 0.566. The van der Waals surface area contributed by atoms with Crippen molar-refractivity contribution in [3.8, 4) is 11.5 Å². The van der Waals surface area contributed by atoms with E-state index in [1.807, 2.05) is 0 Å². The molecule has 174 valence electrons. The summed E-state index contributed by atoms with van der Waals surface area (Å²) in [6, 6.07) is 22.4. The molecule has 0 saturated carbocycles.